The fourth-order valence-electron chi connectivity index (χ4n) is 2.34. The highest BCUT2D eigenvalue weighted by molar-refractivity contribution is 6.03. The molecule has 2 rings (SSSR count). The molecule has 7 nitrogen and oxygen atoms in total. The molecule has 1 aliphatic rings. The Balaban J connectivity index is 1.85. The van der Waals surface area contributed by atoms with Crippen LogP contribution in [0.2, 0.25) is 0 Å². The molecule has 2 N–H and O–H groups in total. The quantitative estimate of drug-likeness (QED) is 0.690. The summed E-state index contributed by atoms with van der Waals surface area (Å²) < 4.78 is 10.4. The van der Waals surface area contributed by atoms with E-state index in [0.717, 1.165) is 26.1 Å². The van der Waals surface area contributed by atoms with Crippen LogP contribution in [-0.4, -0.2) is 63.7 Å². The van der Waals surface area contributed by atoms with Crippen LogP contribution in [-0.2, 0) is 9.53 Å². The lowest BCUT2D eigenvalue weighted by Crippen LogP contribution is -2.34. The molecular formula is C16H23N3O4. The van der Waals surface area contributed by atoms with Gasteiger partial charge in [-0.05, 0) is 25.6 Å². The lowest BCUT2D eigenvalue weighted by molar-refractivity contribution is -0.118. The lowest BCUT2D eigenvalue weighted by atomic mass is 10.1. The van der Waals surface area contributed by atoms with Crippen molar-refractivity contribution in [3.8, 4) is 5.75 Å². The Morgan fingerprint density at radius 1 is 1.43 bits per heavy atom. The third-order valence-electron chi connectivity index (χ3n) is 3.55. The molecule has 1 aliphatic heterocycles. The van der Waals surface area contributed by atoms with E-state index in [0.29, 0.717) is 23.5 Å². The average Bonchev–Trinajstić information content (AvgIpc) is 2.54. The summed E-state index contributed by atoms with van der Waals surface area (Å²) >= 11 is 0. The second-order valence-electron chi connectivity index (χ2n) is 5.42. The number of hydrogen-bond acceptors (Lipinski definition) is 5. The van der Waals surface area contributed by atoms with Crippen LogP contribution < -0.4 is 15.4 Å². The first-order valence-corrected chi connectivity index (χ1v) is 7.63. The molecule has 0 spiro atoms. The van der Waals surface area contributed by atoms with Gasteiger partial charge in [-0.2, -0.15) is 0 Å². The third-order valence-corrected chi connectivity index (χ3v) is 3.55. The number of methoxy groups -OCH3 is 1. The molecule has 1 heterocycles. The Hall–Kier alpha value is -2.12. The number of hydrogen-bond donors (Lipinski definition) is 2. The van der Waals surface area contributed by atoms with Gasteiger partial charge in [0, 0.05) is 33.4 Å². The molecule has 7 heteroatoms. The maximum atomic E-state index is 12.3. The predicted molar refractivity (Wildman–Crippen MR) is 86.9 cm³/mol. The lowest BCUT2D eigenvalue weighted by Gasteiger charge is -2.21. The van der Waals surface area contributed by atoms with Crippen molar-refractivity contribution in [2.24, 2.45) is 0 Å². The van der Waals surface area contributed by atoms with E-state index in [1.54, 1.807) is 25.3 Å². The number of amides is 2. The van der Waals surface area contributed by atoms with Gasteiger partial charge in [-0.25, -0.2) is 0 Å². The normalized spacial score (nSPS) is 13.3. The summed E-state index contributed by atoms with van der Waals surface area (Å²) in [7, 11) is 3.69. The molecule has 0 aliphatic carbocycles. The first-order valence-electron chi connectivity index (χ1n) is 7.63. The van der Waals surface area contributed by atoms with Crippen LogP contribution in [0.4, 0.5) is 5.69 Å². The topological polar surface area (TPSA) is 79.9 Å². The van der Waals surface area contributed by atoms with Crippen molar-refractivity contribution in [2.45, 2.75) is 6.42 Å². The van der Waals surface area contributed by atoms with E-state index in [1.807, 2.05) is 7.05 Å². The van der Waals surface area contributed by atoms with E-state index >= 15 is 0 Å². The second kappa shape index (κ2) is 8.50. The second-order valence-corrected chi connectivity index (χ2v) is 5.42. The Kier molecular flexibility index (Phi) is 6.37. The fourth-order valence-corrected chi connectivity index (χ4v) is 2.34. The zero-order valence-electron chi connectivity index (χ0n) is 13.6. The molecule has 1 aromatic rings. The van der Waals surface area contributed by atoms with Gasteiger partial charge in [0.2, 0.25) is 0 Å². The number of rotatable bonds is 8. The molecule has 126 valence electrons. The van der Waals surface area contributed by atoms with Gasteiger partial charge < -0.3 is 25.0 Å². The highest BCUT2D eigenvalue weighted by atomic mass is 16.5. The van der Waals surface area contributed by atoms with Crippen molar-refractivity contribution >= 4 is 17.5 Å². The monoisotopic (exact) mass is 321 g/mol. The number of anilines is 1. The van der Waals surface area contributed by atoms with Gasteiger partial charge in [0.15, 0.2) is 12.4 Å². The van der Waals surface area contributed by atoms with Crippen molar-refractivity contribution in [1.82, 2.24) is 10.2 Å². The van der Waals surface area contributed by atoms with E-state index in [-0.39, 0.29) is 18.4 Å². The first-order chi connectivity index (χ1) is 11.1. The molecule has 23 heavy (non-hydrogen) atoms. The van der Waals surface area contributed by atoms with Gasteiger partial charge in [-0.1, -0.05) is 6.07 Å². The summed E-state index contributed by atoms with van der Waals surface area (Å²) in [5, 5.41) is 5.57. The minimum atomic E-state index is -0.215. The minimum Gasteiger partial charge on any atom is -0.481 e. The number of carbonyl (C=O) groups excluding carboxylic acids is 2. The van der Waals surface area contributed by atoms with Crippen LogP contribution in [0.15, 0.2) is 18.2 Å². The third kappa shape index (κ3) is 4.94. The number of fused-ring (bicyclic) bond motifs is 1. The largest absolute Gasteiger partial charge is 0.481 e. The van der Waals surface area contributed by atoms with Crippen LogP contribution in [0, 0.1) is 0 Å². The standard InChI is InChI=1S/C16H23N3O4/c1-19(8-4-10-22-2)9-7-17-16(21)12-5-3-6-13-15(12)23-11-14(20)18-13/h3,5-6H,4,7-11H2,1-2H3,(H,17,21)(H,18,20). The predicted octanol–water partition coefficient (Wildman–Crippen LogP) is 0.716. The smallest absolute Gasteiger partial charge is 0.262 e. The zero-order chi connectivity index (χ0) is 16.7. The molecule has 0 bridgehead atoms. The van der Waals surface area contributed by atoms with Crippen LogP contribution in [0.3, 0.4) is 0 Å². The van der Waals surface area contributed by atoms with Crippen molar-refractivity contribution in [3.05, 3.63) is 23.8 Å². The van der Waals surface area contributed by atoms with Crippen molar-refractivity contribution in [2.75, 3.05) is 52.3 Å². The molecular weight excluding hydrogens is 298 g/mol. The van der Waals surface area contributed by atoms with Crippen LogP contribution in [0.5, 0.6) is 5.75 Å². The Morgan fingerprint density at radius 2 is 2.26 bits per heavy atom. The van der Waals surface area contributed by atoms with E-state index in [9.17, 15) is 9.59 Å². The van der Waals surface area contributed by atoms with Crippen LogP contribution in [0.25, 0.3) is 0 Å². The molecule has 0 radical (unpaired) electrons. The molecule has 0 fully saturated rings. The van der Waals surface area contributed by atoms with E-state index < -0.39 is 0 Å². The average molecular weight is 321 g/mol. The van der Waals surface area contributed by atoms with Gasteiger partial charge in [0.25, 0.3) is 11.8 Å². The number of benzene rings is 1. The SMILES string of the molecule is COCCCN(C)CCNC(=O)c1cccc2c1OCC(=O)N2. The Labute approximate surface area is 135 Å². The number of carbonyl (C=O) groups is 2. The summed E-state index contributed by atoms with van der Waals surface area (Å²) in [4.78, 5) is 25.7. The maximum Gasteiger partial charge on any atom is 0.262 e. The summed E-state index contributed by atoms with van der Waals surface area (Å²) in [5.41, 5.74) is 0.968. The van der Waals surface area contributed by atoms with Crippen molar-refractivity contribution < 1.29 is 19.1 Å². The van der Waals surface area contributed by atoms with Gasteiger partial charge in [-0.15, -0.1) is 0 Å². The van der Waals surface area contributed by atoms with Gasteiger partial charge in [0.05, 0.1) is 11.3 Å². The minimum absolute atomic E-state index is 0.0699. The summed E-state index contributed by atoms with van der Waals surface area (Å²) in [6.45, 7) is 2.87. The van der Waals surface area contributed by atoms with Crippen molar-refractivity contribution in [1.29, 1.82) is 0 Å². The summed E-state index contributed by atoms with van der Waals surface area (Å²) in [6, 6.07) is 5.13. The summed E-state index contributed by atoms with van der Waals surface area (Å²) in [6.07, 6.45) is 0.959. The number of likely N-dealkylation sites (N-methyl/N-ethyl adjacent to an activating group) is 1. The van der Waals surface area contributed by atoms with E-state index in [4.69, 9.17) is 9.47 Å². The molecule has 1 aromatic carbocycles. The van der Waals surface area contributed by atoms with E-state index in [2.05, 4.69) is 15.5 Å². The number of para-hydroxylation sites is 1. The number of ether oxygens (including phenoxy) is 2. The van der Waals surface area contributed by atoms with Gasteiger partial charge in [-0.3, -0.25) is 9.59 Å². The molecule has 0 aromatic heterocycles. The Bertz CT molecular complexity index is 562. The van der Waals surface area contributed by atoms with Crippen LogP contribution in [0.1, 0.15) is 16.8 Å². The molecule has 0 atom stereocenters. The van der Waals surface area contributed by atoms with Crippen LogP contribution >= 0.6 is 0 Å². The van der Waals surface area contributed by atoms with Crippen molar-refractivity contribution in [3.63, 3.8) is 0 Å². The fraction of sp³-hybridized carbons (Fsp3) is 0.500. The highest BCUT2D eigenvalue weighted by Crippen LogP contribution is 2.31. The van der Waals surface area contributed by atoms with Gasteiger partial charge >= 0.3 is 0 Å². The molecule has 0 saturated heterocycles. The highest BCUT2D eigenvalue weighted by Gasteiger charge is 2.22. The summed E-state index contributed by atoms with van der Waals surface area (Å²) in [5.74, 6) is 0.00841. The maximum absolute atomic E-state index is 12.3. The van der Waals surface area contributed by atoms with E-state index in [1.165, 1.54) is 0 Å². The molecule has 0 unspecified atom stereocenters. The number of nitrogens with zero attached hydrogens (tertiary/aromatic N) is 1. The molecule has 2 amide bonds. The first kappa shape index (κ1) is 17.2. The Morgan fingerprint density at radius 3 is 3.04 bits per heavy atom. The van der Waals surface area contributed by atoms with Gasteiger partial charge in [0.1, 0.15) is 0 Å². The molecule has 0 saturated carbocycles. The number of nitrogens with one attached hydrogen (secondary N) is 2. The zero-order valence-corrected chi connectivity index (χ0v) is 13.6.